The average Bonchev–Trinajstić information content (AvgIpc) is 3.62. The number of carbonyl (C=O) groups excluding carboxylic acids is 3. The second-order valence-corrected chi connectivity index (χ2v) is 11.2. The van der Waals surface area contributed by atoms with Gasteiger partial charge in [0.2, 0.25) is 5.91 Å². The minimum Gasteiger partial charge on any atom is -0.453 e. The highest BCUT2D eigenvalue weighted by Crippen LogP contribution is 2.24. The summed E-state index contributed by atoms with van der Waals surface area (Å²) < 4.78 is 20.4. The molecule has 9 nitrogen and oxygen atoms in total. The number of fused-ring (bicyclic) bond motifs is 1. The number of aromatic amines is 1. The van der Waals surface area contributed by atoms with Crippen molar-refractivity contribution in [2.75, 3.05) is 20.2 Å². The Balaban J connectivity index is 1.46. The van der Waals surface area contributed by atoms with E-state index in [1.165, 1.54) is 23.8 Å². The summed E-state index contributed by atoms with van der Waals surface area (Å²) in [6.07, 6.45) is 7.29. The number of halogens is 1. The SMILES string of the molecule is COC(=O)N[C@@H](CC/C=C/C(=O)N1CCCC1)C(=O)Cc1cccn(Cc2cc3cc(F)cc(CC(C)C)c3[nH]2)c1=O. The molecule has 1 aliphatic rings. The molecule has 2 aromatic heterocycles. The number of nitrogens with one attached hydrogen (secondary N) is 2. The van der Waals surface area contributed by atoms with Gasteiger partial charge in [-0.2, -0.15) is 0 Å². The standard InChI is InChI=1S/C32H39FN4O5/c1-21(2)15-23-16-25(33)17-24-18-26(34-30(23)24)20-37-14-8-9-22(31(37)40)19-28(38)27(35-32(41)42-3)10-4-5-11-29(39)36-12-6-7-13-36/h5,8-9,11,14,16-18,21,27,34H,4,6-7,10,12-13,15,19-20H2,1-3H3,(H,35,41)/b11-5+/t27-/m0/s1. The van der Waals surface area contributed by atoms with Gasteiger partial charge in [-0.05, 0) is 73.9 Å². The van der Waals surface area contributed by atoms with E-state index < -0.39 is 12.1 Å². The zero-order chi connectivity index (χ0) is 30.2. The van der Waals surface area contributed by atoms with E-state index in [0.717, 1.165) is 54.5 Å². The zero-order valence-corrected chi connectivity index (χ0v) is 24.5. The molecule has 3 aromatic rings. The van der Waals surface area contributed by atoms with Crippen molar-refractivity contribution in [1.29, 1.82) is 0 Å². The van der Waals surface area contributed by atoms with Crippen LogP contribution in [0.1, 0.15) is 56.4 Å². The van der Waals surface area contributed by atoms with Crippen molar-refractivity contribution in [3.63, 3.8) is 0 Å². The van der Waals surface area contributed by atoms with Gasteiger partial charge in [-0.15, -0.1) is 0 Å². The Morgan fingerprint density at radius 1 is 1.14 bits per heavy atom. The summed E-state index contributed by atoms with van der Waals surface area (Å²) in [7, 11) is 1.21. The number of aromatic nitrogens is 2. The van der Waals surface area contributed by atoms with Crippen LogP contribution in [0.3, 0.4) is 0 Å². The number of H-pyrrole nitrogens is 1. The van der Waals surface area contributed by atoms with E-state index in [2.05, 4.69) is 24.1 Å². The summed E-state index contributed by atoms with van der Waals surface area (Å²) in [5.41, 5.74) is 2.45. The van der Waals surface area contributed by atoms with Crippen molar-refractivity contribution >= 4 is 28.7 Å². The maximum Gasteiger partial charge on any atom is 0.407 e. The van der Waals surface area contributed by atoms with Crippen molar-refractivity contribution in [3.05, 3.63) is 81.7 Å². The van der Waals surface area contributed by atoms with Crippen molar-refractivity contribution in [3.8, 4) is 0 Å². The number of rotatable bonds is 12. The highest BCUT2D eigenvalue weighted by Gasteiger charge is 2.22. The fraction of sp³-hybridized carbons (Fsp3) is 0.438. The number of hydrogen-bond donors (Lipinski definition) is 2. The number of pyridine rings is 1. The number of ketones is 1. The van der Waals surface area contributed by atoms with Gasteiger partial charge < -0.3 is 24.5 Å². The number of hydrogen-bond acceptors (Lipinski definition) is 5. The van der Waals surface area contributed by atoms with Gasteiger partial charge in [0, 0.05) is 47.9 Å². The van der Waals surface area contributed by atoms with Crippen molar-refractivity contribution in [1.82, 2.24) is 19.8 Å². The van der Waals surface area contributed by atoms with Crippen LogP contribution in [0.4, 0.5) is 9.18 Å². The van der Waals surface area contributed by atoms with Crippen molar-refractivity contribution < 1.29 is 23.5 Å². The quantitative estimate of drug-likeness (QED) is 0.307. The molecule has 42 heavy (non-hydrogen) atoms. The van der Waals surface area contributed by atoms with Crippen LogP contribution in [-0.4, -0.2) is 58.5 Å². The first-order valence-electron chi connectivity index (χ1n) is 14.5. The van der Waals surface area contributed by atoms with Crippen molar-refractivity contribution in [2.24, 2.45) is 5.92 Å². The normalized spacial score (nSPS) is 14.2. The fourth-order valence-electron chi connectivity index (χ4n) is 5.37. The Morgan fingerprint density at radius 2 is 1.90 bits per heavy atom. The van der Waals surface area contributed by atoms with E-state index in [4.69, 9.17) is 4.74 Å². The third-order valence-electron chi connectivity index (χ3n) is 7.43. The number of Topliss-reactive ketones (excluding diaryl/α,β-unsaturated/α-hetero) is 1. The Hall–Kier alpha value is -4.21. The molecule has 1 atom stereocenters. The van der Waals surface area contributed by atoms with Gasteiger partial charge in [0.25, 0.3) is 5.56 Å². The van der Waals surface area contributed by atoms with E-state index in [1.54, 1.807) is 35.4 Å². The maximum absolute atomic E-state index is 14.2. The largest absolute Gasteiger partial charge is 0.453 e. The van der Waals surface area contributed by atoms with Crippen LogP contribution in [0, 0.1) is 11.7 Å². The molecule has 1 aliphatic heterocycles. The monoisotopic (exact) mass is 578 g/mol. The van der Waals surface area contributed by atoms with Crippen LogP contribution in [0.5, 0.6) is 0 Å². The van der Waals surface area contributed by atoms with Gasteiger partial charge in [0.15, 0.2) is 5.78 Å². The van der Waals surface area contributed by atoms with Crippen molar-refractivity contribution in [2.45, 2.75) is 65.0 Å². The number of amides is 2. The van der Waals surface area contributed by atoms with Crippen LogP contribution in [0.2, 0.25) is 0 Å². The summed E-state index contributed by atoms with van der Waals surface area (Å²) in [6, 6.07) is 7.27. The molecule has 10 heteroatoms. The molecule has 0 unspecified atom stereocenters. The minimum absolute atomic E-state index is 0.0580. The summed E-state index contributed by atoms with van der Waals surface area (Å²) in [5, 5.41) is 3.30. The number of allylic oxidation sites excluding steroid dienone is 1. The van der Waals surface area contributed by atoms with Gasteiger partial charge in [-0.25, -0.2) is 9.18 Å². The lowest BCUT2D eigenvalue weighted by Crippen LogP contribution is -2.42. The maximum atomic E-state index is 14.2. The molecule has 4 rings (SSSR count). The molecule has 1 saturated heterocycles. The van der Waals surface area contributed by atoms with Gasteiger partial charge in [-0.1, -0.05) is 26.0 Å². The second kappa shape index (κ2) is 14.1. The van der Waals surface area contributed by atoms with E-state index in [-0.39, 0.29) is 42.5 Å². The Labute approximate surface area is 244 Å². The molecule has 1 fully saturated rings. The Morgan fingerprint density at radius 3 is 2.62 bits per heavy atom. The molecule has 0 saturated carbocycles. The number of ether oxygens (including phenoxy) is 1. The summed E-state index contributed by atoms with van der Waals surface area (Å²) >= 11 is 0. The zero-order valence-electron chi connectivity index (χ0n) is 24.5. The van der Waals surface area contributed by atoms with E-state index in [0.29, 0.717) is 17.9 Å². The molecular weight excluding hydrogens is 539 g/mol. The molecule has 2 N–H and O–H groups in total. The average molecular weight is 579 g/mol. The number of alkyl carbamates (subject to hydrolysis) is 1. The highest BCUT2D eigenvalue weighted by molar-refractivity contribution is 5.89. The smallest absolute Gasteiger partial charge is 0.407 e. The molecule has 0 radical (unpaired) electrons. The number of methoxy groups -OCH3 is 1. The predicted octanol–water partition coefficient (Wildman–Crippen LogP) is 4.51. The lowest BCUT2D eigenvalue weighted by molar-refractivity contribution is -0.125. The van der Waals surface area contributed by atoms with Crippen LogP contribution in [-0.2, 0) is 33.7 Å². The van der Waals surface area contributed by atoms with Crippen LogP contribution < -0.4 is 10.9 Å². The predicted molar refractivity (Wildman–Crippen MR) is 159 cm³/mol. The topological polar surface area (TPSA) is 114 Å². The van der Waals surface area contributed by atoms with Crippen LogP contribution >= 0.6 is 0 Å². The number of benzene rings is 1. The summed E-state index contributed by atoms with van der Waals surface area (Å²) in [4.78, 5) is 55.9. The molecule has 224 valence electrons. The molecule has 2 amide bonds. The Kier molecular flexibility index (Phi) is 10.3. The first-order chi connectivity index (χ1) is 20.1. The highest BCUT2D eigenvalue weighted by atomic mass is 19.1. The molecule has 3 heterocycles. The van der Waals surface area contributed by atoms with E-state index >= 15 is 0 Å². The number of likely N-dealkylation sites (tertiary alicyclic amines) is 1. The van der Waals surface area contributed by atoms with Crippen LogP contribution in [0.25, 0.3) is 10.9 Å². The second-order valence-electron chi connectivity index (χ2n) is 11.2. The molecule has 1 aromatic carbocycles. The van der Waals surface area contributed by atoms with Gasteiger partial charge in [0.1, 0.15) is 5.82 Å². The number of carbonyl (C=O) groups is 3. The van der Waals surface area contributed by atoms with Gasteiger partial charge in [0.05, 0.1) is 19.7 Å². The molecule has 0 spiro atoms. The third-order valence-corrected chi connectivity index (χ3v) is 7.43. The first kappa shape index (κ1) is 30.7. The summed E-state index contributed by atoms with van der Waals surface area (Å²) in [5.74, 6) is -0.346. The lowest BCUT2D eigenvalue weighted by Gasteiger charge is -2.16. The molecule has 0 bridgehead atoms. The first-order valence-corrected chi connectivity index (χ1v) is 14.5. The van der Waals surface area contributed by atoms with E-state index in [9.17, 15) is 23.6 Å². The van der Waals surface area contributed by atoms with Gasteiger partial charge in [-0.3, -0.25) is 14.4 Å². The summed E-state index contributed by atoms with van der Waals surface area (Å²) in [6.45, 7) is 5.87. The fourth-order valence-corrected chi connectivity index (χ4v) is 5.37. The number of nitrogens with zero attached hydrogens (tertiary/aromatic N) is 2. The third kappa shape index (κ3) is 7.96. The minimum atomic E-state index is -0.889. The molecule has 0 aliphatic carbocycles. The van der Waals surface area contributed by atoms with Gasteiger partial charge >= 0.3 is 6.09 Å². The lowest BCUT2D eigenvalue weighted by atomic mass is 10.0. The van der Waals surface area contributed by atoms with E-state index in [1.807, 2.05) is 6.07 Å². The van der Waals surface area contributed by atoms with Crippen LogP contribution in [0.15, 0.2) is 53.5 Å². The Bertz CT molecular complexity index is 1520. The molecular formula is C32H39FN4O5.